The topological polar surface area (TPSA) is 46.2 Å². The number of hydrogen-bond acceptors (Lipinski definition) is 2. The fourth-order valence-corrected chi connectivity index (χ4v) is 2.83. The molecule has 1 aliphatic rings. The molecule has 0 spiro atoms. The molecule has 1 aromatic carbocycles. The zero-order chi connectivity index (χ0) is 12.4. The van der Waals surface area contributed by atoms with Crippen LogP contribution in [0.5, 0.6) is 5.75 Å². The minimum absolute atomic E-state index is 0. The number of hydrogen-bond donors (Lipinski definition) is 2. The molecule has 18 heavy (non-hydrogen) atoms. The van der Waals surface area contributed by atoms with Crippen LogP contribution in [0.15, 0.2) is 12.1 Å². The van der Waals surface area contributed by atoms with Crippen LogP contribution in [0.1, 0.15) is 49.3 Å². The lowest BCUT2D eigenvalue weighted by atomic mass is 9.80. The maximum absolute atomic E-state index is 13.4. The summed E-state index contributed by atoms with van der Waals surface area (Å²) >= 11 is 0. The molecule has 1 atom stereocenters. The highest BCUT2D eigenvalue weighted by atomic mass is 35.5. The van der Waals surface area contributed by atoms with Gasteiger partial charge in [0.1, 0.15) is 0 Å². The van der Waals surface area contributed by atoms with Gasteiger partial charge in [0.15, 0.2) is 11.6 Å². The van der Waals surface area contributed by atoms with Gasteiger partial charge in [-0.3, -0.25) is 0 Å². The number of rotatable bonds is 2. The molecule has 2 rings (SSSR count). The van der Waals surface area contributed by atoms with Gasteiger partial charge in [-0.05, 0) is 37.3 Å². The molecule has 0 aliphatic heterocycles. The predicted octanol–water partition coefficient (Wildman–Crippen LogP) is 3.84. The number of phenols is 1. The molecule has 4 heteroatoms. The Morgan fingerprint density at radius 3 is 2.50 bits per heavy atom. The Kier molecular flexibility index (Phi) is 5.42. The van der Waals surface area contributed by atoms with Crippen LogP contribution in [-0.2, 0) is 0 Å². The van der Waals surface area contributed by atoms with E-state index in [-0.39, 0.29) is 24.2 Å². The third-order valence-corrected chi connectivity index (χ3v) is 3.88. The Labute approximate surface area is 114 Å². The van der Waals surface area contributed by atoms with Crippen molar-refractivity contribution in [2.24, 2.45) is 11.7 Å². The quantitative estimate of drug-likeness (QED) is 0.860. The molecule has 0 unspecified atom stereocenters. The molecule has 0 bridgehead atoms. The minimum Gasteiger partial charge on any atom is -0.505 e. The second-order valence-corrected chi connectivity index (χ2v) is 5.05. The number of halogens is 2. The summed E-state index contributed by atoms with van der Waals surface area (Å²) in [6, 6.07) is 2.74. The molecule has 0 saturated heterocycles. The van der Waals surface area contributed by atoms with Crippen LogP contribution < -0.4 is 5.73 Å². The van der Waals surface area contributed by atoms with Gasteiger partial charge in [-0.15, -0.1) is 12.4 Å². The van der Waals surface area contributed by atoms with Gasteiger partial charge in [0.2, 0.25) is 0 Å². The molecule has 102 valence electrons. The van der Waals surface area contributed by atoms with Crippen molar-refractivity contribution in [3.63, 3.8) is 0 Å². The van der Waals surface area contributed by atoms with Crippen molar-refractivity contribution >= 4 is 12.4 Å². The Morgan fingerprint density at radius 1 is 1.28 bits per heavy atom. The molecule has 2 nitrogen and oxygen atoms in total. The van der Waals surface area contributed by atoms with E-state index in [4.69, 9.17) is 5.73 Å². The molecule has 1 aliphatic carbocycles. The zero-order valence-corrected chi connectivity index (χ0v) is 11.5. The SMILES string of the molecule is Cc1ccc(F)c(O)c1[C@@H](N)C1CCCCC1.Cl. The van der Waals surface area contributed by atoms with Gasteiger partial charge in [0, 0.05) is 11.6 Å². The number of aromatic hydroxyl groups is 1. The van der Waals surface area contributed by atoms with E-state index in [0.29, 0.717) is 11.5 Å². The van der Waals surface area contributed by atoms with E-state index in [1.165, 1.54) is 25.3 Å². The highest BCUT2D eigenvalue weighted by molar-refractivity contribution is 5.85. The van der Waals surface area contributed by atoms with Crippen molar-refractivity contribution < 1.29 is 9.50 Å². The van der Waals surface area contributed by atoms with Gasteiger partial charge in [-0.1, -0.05) is 25.3 Å². The predicted molar refractivity (Wildman–Crippen MR) is 73.6 cm³/mol. The minimum atomic E-state index is -0.572. The summed E-state index contributed by atoms with van der Waals surface area (Å²) in [6.07, 6.45) is 5.80. The highest BCUT2D eigenvalue weighted by Crippen LogP contribution is 2.38. The van der Waals surface area contributed by atoms with E-state index in [1.807, 2.05) is 6.92 Å². The molecule has 1 saturated carbocycles. The first-order valence-electron chi connectivity index (χ1n) is 6.35. The first-order chi connectivity index (χ1) is 8.11. The van der Waals surface area contributed by atoms with E-state index >= 15 is 0 Å². The van der Waals surface area contributed by atoms with Crippen LogP contribution in [0.25, 0.3) is 0 Å². The first kappa shape index (κ1) is 15.3. The number of benzene rings is 1. The Morgan fingerprint density at radius 2 is 1.89 bits per heavy atom. The van der Waals surface area contributed by atoms with E-state index in [9.17, 15) is 9.50 Å². The second kappa shape index (κ2) is 6.39. The molecule has 0 radical (unpaired) electrons. The summed E-state index contributed by atoms with van der Waals surface area (Å²) in [5.41, 5.74) is 7.68. The Balaban J connectivity index is 0.00000162. The summed E-state index contributed by atoms with van der Waals surface area (Å²) in [6.45, 7) is 1.87. The summed E-state index contributed by atoms with van der Waals surface area (Å²) in [4.78, 5) is 0. The second-order valence-electron chi connectivity index (χ2n) is 5.05. The largest absolute Gasteiger partial charge is 0.505 e. The summed E-state index contributed by atoms with van der Waals surface area (Å²) < 4.78 is 13.4. The van der Waals surface area contributed by atoms with Crippen molar-refractivity contribution in [3.8, 4) is 5.75 Å². The molecular weight excluding hydrogens is 253 g/mol. The van der Waals surface area contributed by atoms with E-state index in [0.717, 1.165) is 18.4 Å². The first-order valence-corrected chi connectivity index (χ1v) is 6.35. The Hall–Kier alpha value is -0.800. The fourth-order valence-electron chi connectivity index (χ4n) is 2.83. The van der Waals surface area contributed by atoms with Gasteiger partial charge in [-0.2, -0.15) is 0 Å². The number of aryl methyl sites for hydroxylation is 1. The zero-order valence-electron chi connectivity index (χ0n) is 10.7. The third kappa shape index (κ3) is 2.96. The summed E-state index contributed by atoms with van der Waals surface area (Å²) in [5.74, 6) is -0.463. The third-order valence-electron chi connectivity index (χ3n) is 3.88. The van der Waals surface area contributed by atoms with Crippen LogP contribution in [0.3, 0.4) is 0 Å². The van der Waals surface area contributed by atoms with Crippen LogP contribution in [0.2, 0.25) is 0 Å². The maximum atomic E-state index is 13.4. The van der Waals surface area contributed by atoms with E-state index in [1.54, 1.807) is 6.07 Å². The molecule has 1 aromatic rings. The lowest BCUT2D eigenvalue weighted by Crippen LogP contribution is -2.24. The van der Waals surface area contributed by atoms with Gasteiger partial charge < -0.3 is 10.8 Å². The van der Waals surface area contributed by atoms with Gasteiger partial charge in [0.25, 0.3) is 0 Å². The molecule has 0 amide bonds. The van der Waals surface area contributed by atoms with Crippen LogP contribution >= 0.6 is 12.4 Å². The molecule has 1 fully saturated rings. The normalized spacial score (nSPS) is 18.2. The monoisotopic (exact) mass is 273 g/mol. The van der Waals surface area contributed by atoms with Gasteiger partial charge in [-0.25, -0.2) is 4.39 Å². The lowest BCUT2D eigenvalue weighted by molar-refractivity contribution is 0.300. The molecular formula is C14H21ClFNO. The van der Waals surface area contributed by atoms with Crippen molar-refractivity contribution in [2.75, 3.05) is 0 Å². The van der Waals surface area contributed by atoms with Crippen LogP contribution in [0, 0.1) is 18.7 Å². The molecule has 3 N–H and O–H groups in total. The summed E-state index contributed by atoms with van der Waals surface area (Å²) in [7, 11) is 0. The molecule has 0 aromatic heterocycles. The Bertz CT molecular complexity index is 405. The van der Waals surface area contributed by atoms with Gasteiger partial charge in [0.05, 0.1) is 0 Å². The van der Waals surface area contributed by atoms with Crippen molar-refractivity contribution in [1.82, 2.24) is 0 Å². The van der Waals surface area contributed by atoms with Gasteiger partial charge >= 0.3 is 0 Å². The highest BCUT2D eigenvalue weighted by Gasteiger charge is 2.26. The van der Waals surface area contributed by atoms with E-state index in [2.05, 4.69) is 0 Å². The van der Waals surface area contributed by atoms with Crippen molar-refractivity contribution in [3.05, 3.63) is 29.1 Å². The average Bonchev–Trinajstić information content (AvgIpc) is 2.35. The summed E-state index contributed by atoms with van der Waals surface area (Å²) in [5, 5.41) is 9.82. The number of nitrogens with two attached hydrogens (primary N) is 1. The van der Waals surface area contributed by atoms with Crippen molar-refractivity contribution in [2.45, 2.75) is 45.1 Å². The average molecular weight is 274 g/mol. The molecule has 0 heterocycles. The number of phenolic OH excluding ortho intramolecular Hbond substituents is 1. The fraction of sp³-hybridized carbons (Fsp3) is 0.571. The maximum Gasteiger partial charge on any atom is 0.165 e. The smallest absolute Gasteiger partial charge is 0.165 e. The standard InChI is InChI=1S/C14H20FNO.ClH/c1-9-7-8-11(15)14(17)12(9)13(16)10-5-3-2-4-6-10;/h7-8,10,13,17H,2-6,16H2,1H3;1H/t13-;/m0./s1. The van der Waals surface area contributed by atoms with Crippen LogP contribution in [0.4, 0.5) is 4.39 Å². The van der Waals surface area contributed by atoms with Crippen LogP contribution in [-0.4, -0.2) is 5.11 Å². The van der Waals surface area contributed by atoms with Crippen molar-refractivity contribution in [1.29, 1.82) is 0 Å². The lowest BCUT2D eigenvalue weighted by Gasteiger charge is -2.29. The van der Waals surface area contributed by atoms with E-state index < -0.39 is 5.82 Å².